The van der Waals surface area contributed by atoms with E-state index in [4.69, 9.17) is 27.9 Å². The molecule has 186 valence electrons. The van der Waals surface area contributed by atoms with Crippen LogP contribution in [0.15, 0.2) is 54.6 Å². The Bertz CT molecular complexity index is 1360. The summed E-state index contributed by atoms with van der Waals surface area (Å²) in [4.78, 5) is 39.1. The van der Waals surface area contributed by atoms with Gasteiger partial charge in [0.15, 0.2) is 6.73 Å². The van der Waals surface area contributed by atoms with Gasteiger partial charge < -0.3 is 15.4 Å². The molecule has 10 heteroatoms. The van der Waals surface area contributed by atoms with E-state index in [2.05, 4.69) is 10.6 Å². The Balaban J connectivity index is 1.53. The number of anilines is 2. The molecule has 2 N–H and O–H groups in total. The van der Waals surface area contributed by atoms with E-state index in [1.54, 1.807) is 44.2 Å². The van der Waals surface area contributed by atoms with Crippen LogP contribution in [0.25, 0.3) is 0 Å². The lowest BCUT2D eigenvalue weighted by molar-refractivity contribution is -0.124. The maximum Gasteiger partial charge on any atom is 0.264 e. The summed E-state index contributed by atoms with van der Waals surface area (Å²) in [6.45, 7) is 3.65. The zero-order valence-electron chi connectivity index (χ0n) is 19.4. The highest BCUT2D eigenvalue weighted by molar-refractivity contribution is 6.34. The van der Waals surface area contributed by atoms with Crippen LogP contribution < -0.4 is 20.3 Å². The monoisotopic (exact) mass is 529 g/mol. The van der Waals surface area contributed by atoms with Crippen LogP contribution in [0.1, 0.15) is 40.1 Å². The van der Waals surface area contributed by atoms with Crippen molar-refractivity contribution < 1.29 is 23.5 Å². The number of carbonyl (C=O) groups is 3. The quantitative estimate of drug-likeness (QED) is 0.431. The first-order valence-corrected chi connectivity index (χ1v) is 11.8. The van der Waals surface area contributed by atoms with Crippen LogP contribution >= 0.6 is 23.2 Å². The van der Waals surface area contributed by atoms with Crippen molar-refractivity contribution >= 4 is 52.3 Å². The molecule has 3 amide bonds. The van der Waals surface area contributed by atoms with Crippen molar-refractivity contribution in [1.29, 1.82) is 0 Å². The van der Waals surface area contributed by atoms with Crippen molar-refractivity contribution in [2.75, 3.05) is 16.9 Å². The minimum atomic E-state index is -0.661. The number of benzene rings is 3. The molecule has 0 radical (unpaired) electrons. The van der Waals surface area contributed by atoms with Crippen molar-refractivity contribution in [2.24, 2.45) is 5.92 Å². The van der Waals surface area contributed by atoms with Gasteiger partial charge in [0.1, 0.15) is 11.6 Å². The number of fused-ring (bicyclic) bond motifs is 1. The van der Waals surface area contributed by atoms with E-state index >= 15 is 0 Å². The molecule has 0 aromatic heterocycles. The van der Waals surface area contributed by atoms with Gasteiger partial charge in [-0.05, 0) is 54.1 Å². The molecule has 0 unspecified atom stereocenters. The fourth-order valence-electron chi connectivity index (χ4n) is 3.57. The Morgan fingerprint density at radius 1 is 1.08 bits per heavy atom. The fourth-order valence-corrected chi connectivity index (χ4v) is 3.93. The average Bonchev–Trinajstić information content (AvgIpc) is 2.84. The summed E-state index contributed by atoms with van der Waals surface area (Å²) in [6, 6.07) is 13.5. The molecule has 1 aliphatic heterocycles. The molecule has 3 aromatic rings. The third-order valence-electron chi connectivity index (χ3n) is 5.53. The van der Waals surface area contributed by atoms with E-state index in [1.807, 2.05) is 0 Å². The van der Waals surface area contributed by atoms with E-state index in [0.29, 0.717) is 17.0 Å². The summed E-state index contributed by atoms with van der Waals surface area (Å²) in [5.74, 6) is -1.61. The number of nitrogens with one attached hydrogen (secondary N) is 2. The highest BCUT2D eigenvalue weighted by atomic mass is 35.5. The minimum absolute atomic E-state index is 0.0256. The zero-order valence-corrected chi connectivity index (χ0v) is 20.9. The molecule has 0 saturated carbocycles. The van der Waals surface area contributed by atoms with Gasteiger partial charge in [0, 0.05) is 23.2 Å². The number of amides is 3. The standard InChI is InChI=1S/C26H22Cl2FN3O4/c1-14(2)24(33)30-12-15-3-6-20(28)18(9-15)25(34)31-17-5-8-23-19(11-17)26(35)32(13-36-23)22-7-4-16(27)10-21(22)29/h3-11,14H,12-13H2,1-2H3,(H,30,33)(H,31,34). The first-order chi connectivity index (χ1) is 17.1. The number of carbonyl (C=O) groups excluding carboxylic acids is 3. The molecule has 1 heterocycles. The number of hydrogen-bond acceptors (Lipinski definition) is 4. The molecule has 0 bridgehead atoms. The van der Waals surface area contributed by atoms with Gasteiger partial charge in [-0.25, -0.2) is 4.39 Å². The van der Waals surface area contributed by atoms with E-state index in [-0.39, 0.29) is 52.0 Å². The van der Waals surface area contributed by atoms with Gasteiger partial charge in [-0.1, -0.05) is 43.1 Å². The van der Waals surface area contributed by atoms with Gasteiger partial charge in [0.25, 0.3) is 11.8 Å². The lowest BCUT2D eigenvalue weighted by Crippen LogP contribution is -2.39. The summed E-state index contributed by atoms with van der Waals surface area (Å²) in [5, 5.41) is 5.95. The zero-order chi connectivity index (χ0) is 26.0. The van der Waals surface area contributed by atoms with Crippen molar-refractivity contribution in [2.45, 2.75) is 20.4 Å². The molecule has 0 atom stereocenters. The summed E-state index contributed by atoms with van der Waals surface area (Å²) in [6.07, 6.45) is 0. The van der Waals surface area contributed by atoms with Crippen LogP contribution in [0.4, 0.5) is 15.8 Å². The topological polar surface area (TPSA) is 87.7 Å². The van der Waals surface area contributed by atoms with Gasteiger partial charge in [-0.15, -0.1) is 0 Å². The van der Waals surface area contributed by atoms with Gasteiger partial charge >= 0.3 is 0 Å². The lowest BCUT2D eigenvalue weighted by atomic mass is 10.1. The van der Waals surface area contributed by atoms with Crippen LogP contribution in [-0.2, 0) is 11.3 Å². The first-order valence-electron chi connectivity index (χ1n) is 11.1. The number of halogens is 3. The molecular weight excluding hydrogens is 508 g/mol. The summed E-state index contributed by atoms with van der Waals surface area (Å²) in [7, 11) is 0. The van der Waals surface area contributed by atoms with Gasteiger partial charge in [0.05, 0.1) is 21.8 Å². The first kappa shape index (κ1) is 25.5. The third-order valence-corrected chi connectivity index (χ3v) is 6.09. The van der Waals surface area contributed by atoms with Crippen molar-refractivity contribution in [3.05, 3.63) is 87.2 Å². The molecular formula is C26H22Cl2FN3O4. The molecule has 1 aliphatic rings. The minimum Gasteiger partial charge on any atom is -0.472 e. The van der Waals surface area contributed by atoms with Crippen LogP contribution in [0, 0.1) is 11.7 Å². The molecule has 4 rings (SSSR count). The van der Waals surface area contributed by atoms with Gasteiger partial charge in [0.2, 0.25) is 5.91 Å². The highest BCUT2D eigenvalue weighted by Gasteiger charge is 2.29. The fraction of sp³-hybridized carbons (Fsp3) is 0.192. The van der Waals surface area contributed by atoms with Gasteiger partial charge in [-0.3, -0.25) is 19.3 Å². The summed E-state index contributed by atoms with van der Waals surface area (Å²) >= 11 is 12.1. The molecule has 0 fully saturated rings. The molecule has 3 aromatic carbocycles. The number of nitrogens with zero attached hydrogens (tertiary/aromatic N) is 1. The Morgan fingerprint density at radius 3 is 2.58 bits per heavy atom. The van der Waals surface area contributed by atoms with Crippen LogP contribution in [-0.4, -0.2) is 24.5 Å². The van der Waals surface area contributed by atoms with Crippen molar-refractivity contribution in [3.63, 3.8) is 0 Å². The molecule has 7 nitrogen and oxygen atoms in total. The second-order valence-corrected chi connectivity index (χ2v) is 9.30. The SMILES string of the molecule is CC(C)C(=O)NCc1ccc(Cl)c(C(=O)Nc2ccc3c(c2)C(=O)N(c2ccc(Cl)cc2F)CO3)c1. The highest BCUT2D eigenvalue weighted by Crippen LogP contribution is 2.32. The number of ether oxygens (including phenoxy) is 1. The molecule has 0 saturated heterocycles. The molecule has 0 aliphatic carbocycles. The van der Waals surface area contributed by atoms with Gasteiger partial charge in [-0.2, -0.15) is 0 Å². The predicted molar refractivity (Wildman–Crippen MR) is 136 cm³/mol. The van der Waals surface area contributed by atoms with Crippen LogP contribution in [0.5, 0.6) is 5.75 Å². The van der Waals surface area contributed by atoms with Crippen LogP contribution in [0.3, 0.4) is 0 Å². The lowest BCUT2D eigenvalue weighted by Gasteiger charge is -2.29. The van der Waals surface area contributed by atoms with Crippen molar-refractivity contribution in [3.8, 4) is 5.75 Å². The Kier molecular flexibility index (Phi) is 7.47. The largest absolute Gasteiger partial charge is 0.472 e. The third kappa shape index (κ3) is 5.45. The average molecular weight is 530 g/mol. The maximum atomic E-state index is 14.4. The van der Waals surface area contributed by atoms with E-state index in [9.17, 15) is 18.8 Å². The Labute approximate surface area is 217 Å². The molecule has 36 heavy (non-hydrogen) atoms. The second-order valence-electron chi connectivity index (χ2n) is 8.45. The Morgan fingerprint density at radius 2 is 1.86 bits per heavy atom. The van der Waals surface area contributed by atoms with E-state index < -0.39 is 17.6 Å². The van der Waals surface area contributed by atoms with E-state index in [1.165, 1.54) is 18.2 Å². The summed E-state index contributed by atoms with van der Waals surface area (Å²) < 4.78 is 20.0. The Hall–Kier alpha value is -3.62. The van der Waals surface area contributed by atoms with Crippen LogP contribution in [0.2, 0.25) is 10.0 Å². The smallest absolute Gasteiger partial charge is 0.264 e. The maximum absolute atomic E-state index is 14.4. The molecule has 0 spiro atoms. The van der Waals surface area contributed by atoms with Crippen molar-refractivity contribution in [1.82, 2.24) is 5.32 Å². The number of hydrogen-bond donors (Lipinski definition) is 2. The predicted octanol–water partition coefficient (Wildman–Crippen LogP) is 5.65. The number of rotatable bonds is 6. The second kappa shape index (κ2) is 10.6. The summed E-state index contributed by atoms with van der Waals surface area (Å²) in [5.41, 5.74) is 1.41. The normalized spacial score (nSPS) is 12.7. The van der Waals surface area contributed by atoms with E-state index in [0.717, 1.165) is 11.0 Å².